The fraction of sp³-hybridized carbons (Fsp3) is 0.409. The van der Waals surface area contributed by atoms with E-state index in [9.17, 15) is 4.39 Å². The number of rotatable bonds is 8. The third kappa shape index (κ3) is 6.44. The van der Waals surface area contributed by atoms with Crippen LogP contribution in [0.15, 0.2) is 53.5 Å². The number of ether oxygens (including phenoxy) is 2. The maximum Gasteiger partial charge on any atom is 0.188 e. The first-order valence-electron chi connectivity index (χ1n) is 9.89. The molecule has 2 aromatic carbocycles. The monoisotopic (exact) mass is 400 g/mol. The van der Waals surface area contributed by atoms with Crippen molar-refractivity contribution < 1.29 is 13.9 Å². The lowest BCUT2D eigenvalue weighted by Gasteiger charge is -2.34. The highest BCUT2D eigenvalue weighted by molar-refractivity contribution is 5.77. The molecule has 1 fully saturated rings. The topological polar surface area (TPSA) is 72.1 Å². The van der Waals surface area contributed by atoms with Crippen molar-refractivity contribution >= 4 is 5.96 Å². The highest BCUT2D eigenvalue weighted by Crippen LogP contribution is 2.23. The van der Waals surface area contributed by atoms with Gasteiger partial charge in [0.1, 0.15) is 11.6 Å². The zero-order valence-corrected chi connectivity index (χ0v) is 16.8. The van der Waals surface area contributed by atoms with Crippen LogP contribution >= 0.6 is 0 Å². The molecular weight excluding hydrogens is 371 g/mol. The van der Waals surface area contributed by atoms with Crippen molar-refractivity contribution in [3.05, 3.63) is 65.5 Å². The lowest BCUT2D eigenvalue weighted by atomic mass is 10.0. The molecule has 3 N–H and O–H groups in total. The first-order valence-corrected chi connectivity index (χ1v) is 9.89. The molecule has 7 heteroatoms. The molecule has 2 aromatic rings. The van der Waals surface area contributed by atoms with Crippen LogP contribution in [0.25, 0.3) is 0 Å². The summed E-state index contributed by atoms with van der Waals surface area (Å²) in [6.45, 7) is 4.08. The van der Waals surface area contributed by atoms with Crippen molar-refractivity contribution in [2.45, 2.75) is 12.5 Å². The maximum absolute atomic E-state index is 13.7. The molecule has 6 nitrogen and oxygen atoms in total. The SMILES string of the molecule is COc1ccc(CCNC(N)=NCC(c2cccc(F)c2)N2CCOCC2)cc1. The Bertz CT molecular complexity index is 792. The predicted octanol–water partition coefficient (Wildman–Crippen LogP) is 2.35. The largest absolute Gasteiger partial charge is 0.497 e. The fourth-order valence-corrected chi connectivity index (χ4v) is 3.40. The van der Waals surface area contributed by atoms with Crippen molar-refractivity contribution in [3.63, 3.8) is 0 Å². The summed E-state index contributed by atoms with van der Waals surface area (Å²) in [5, 5.41) is 3.16. The van der Waals surface area contributed by atoms with E-state index < -0.39 is 0 Å². The van der Waals surface area contributed by atoms with Gasteiger partial charge in [-0.2, -0.15) is 0 Å². The van der Waals surface area contributed by atoms with Gasteiger partial charge in [-0.3, -0.25) is 9.89 Å². The van der Waals surface area contributed by atoms with Gasteiger partial charge in [-0.1, -0.05) is 24.3 Å². The summed E-state index contributed by atoms with van der Waals surface area (Å²) in [4.78, 5) is 6.79. The van der Waals surface area contributed by atoms with E-state index in [4.69, 9.17) is 15.2 Å². The van der Waals surface area contributed by atoms with Gasteiger partial charge < -0.3 is 20.5 Å². The maximum atomic E-state index is 13.7. The second-order valence-corrected chi connectivity index (χ2v) is 6.97. The zero-order chi connectivity index (χ0) is 20.5. The molecule has 0 bridgehead atoms. The normalized spacial score (nSPS) is 16.4. The minimum atomic E-state index is -0.240. The molecule has 29 heavy (non-hydrogen) atoms. The molecule has 1 saturated heterocycles. The number of halogens is 1. The Morgan fingerprint density at radius 2 is 2.00 bits per heavy atom. The molecule has 1 atom stereocenters. The minimum absolute atomic E-state index is 0.0310. The Morgan fingerprint density at radius 3 is 2.69 bits per heavy atom. The van der Waals surface area contributed by atoms with E-state index in [-0.39, 0.29) is 11.9 Å². The molecule has 0 radical (unpaired) electrons. The number of guanidine groups is 1. The van der Waals surface area contributed by atoms with Crippen LogP contribution in [0.4, 0.5) is 4.39 Å². The van der Waals surface area contributed by atoms with Gasteiger partial charge in [-0.15, -0.1) is 0 Å². The minimum Gasteiger partial charge on any atom is -0.497 e. The van der Waals surface area contributed by atoms with Crippen LogP contribution in [0.2, 0.25) is 0 Å². The van der Waals surface area contributed by atoms with E-state index in [1.165, 1.54) is 11.6 Å². The van der Waals surface area contributed by atoms with Gasteiger partial charge in [-0.05, 0) is 41.8 Å². The lowest BCUT2D eigenvalue weighted by molar-refractivity contribution is 0.0179. The van der Waals surface area contributed by atoms with Crippen molar-refractivity contribution in [2.24, 2.45) is 10.7 Å². The van der Waals surface area contributed by atoms with Crippen LogP contribution in [0.5, 0.6) is 5.75 Å². The second-order valence-electron chi connectivity index (χ2n) is 6.97. The molecule has 0 saturated carbocycles. The van der Waals surface area contributed by atoms with Gasteiger partial charge in [0.05, 0.1) is 32.9 Å². The molecule has 1 unspecified atom stereocenters. The number of hydrogen-bond acceptors (Lipinski definition) is 4. The van der Waals surface area contributed by atoms with E-state index in [0.717, 1.165) is 30.8 Å². The summed E-state index contributed by atoms with van der Waals surface area (Å²) in [7, 11) is 1.65. The van der Waals surface area contributed by atoms with Gasteiger partial charge >= 0.3 is 0 Å². The van der Waals surface area contributed by atoms with Gasteiger partial charge in [-0.25, -0.2) is 4.39 Å². The van der Waals surface area contributed by atoms with E-state index >= 15 is 0 Å². The van der Waals surface area contributed by atoms with E-state index in [2.05, 4.69) is 15.2 Å². The molecule has 0 spiro atoms. The number of morpholine rings is 1. The average molecular weight is 400 g/mol. The van der Waals surface area contributed by atoms with E-state index in [1.54, 1.807) is 19.2 Å². The van der Waals surface area contributed by atoms with Crippen molar-refractivity contribution in [1.29, 1.82) is 0 Å². The van der Waals surface area contributed by atoms with Crippen LogP contribution in [-0.2, 0) is 11.2 Å². The molecule has 0 aromatic heterocycles. The van der Waals surface area contributed by atoms with Crippen LogP contribution in [0.1, 0.15) is 17.2 Å². The van der Waals surface area contributed by atoms with Crippen molar-refractivity contribution in [1.82, 2.24) is 10.2 Å². The summed E-state index contributed by atoms with van der Waals surface area (Å²) >= 11 is 0. The molecule has 1 aliphatic heterocycles. The summed E-state index contributed by atoms with van der Waals surface area (Å²) < 4.78 is 24.4. The van der Waals surface area contributed by atoms with Gasteiger partial charge in [0, 0.05) is 19.6 Å². The summed E-state index contributed by atoms with van der Waals surface area (Å²) in [6, 6.07) is 14.6. The Hall–Kier alpha value is -2.64. The molecule has 1 heterocycles. The summed E-state index contributed by atoms with van der Waals surface area (Å²) in [5.41, 5.74) is 8.17. The zero-order valence-electron chi connectivity index (χ0n) is 16.8. The number of methoxy groups -OCH3 is 1. The Balaban J connectivity index is 1.57. The number of benzene rings is 2. The predicted molar refractivity (Wildman–Crippen MR) is 113 cm³/mol. The molecule has 1 aliphatic rings. The third-order valence-electron chi connectivity index (χ3n) is 5.03. The van der Waals surface area contributed by atoms with E-state index in [0.29, 0.717) is 32.3 Å². The lowest BCUT2D eigenvalue weighted by Crippen LogP contribution is -2.41. The van der Waals surface area contributed by atoms with Crippen LogP contribution < -0.4 is 15.8 Å². The van der Waals surface area contributed by atoms with Gasteiger partial charge in [0.15, 0.2) is 5.96 Å². The molecule has 0 aliphatic carbocycles. The van der Waals surface area contributed by atoms with Crippen molar-refractivity contribution in [2.75, 3.05) is 46.5 Å². The summed E-state index contributed by atoms with van der Waals surface area (Å²) in [5.74, 6) is 0.998. The Labute approximate surface area is 171 Å². The molecular formula is C22H29FN4O2. The number of nitrogens with one attached hydrogen (secondary N) is 1. The van der Waals surface area contributed by atoms with Gasteiger partial charge in [0.25, 0.3) is 0 Å². The van der Waals surface area contributed by atoms with Crippen LogP contribution in [0.3, 0.4) is 0 Å². The van der Waals surface area contributed by atoms with Gasteiger partial charge in [0.2, 0.25) is 0 Å². The molecule has 0 amide bonds. The molecule has 3 rings (SSSR count). The number of aliphatic imine (C=N–C) groups is 1. The Kier molecular flexibility index (Phi) is 7.84. The standard InChI is InChI=1S/C22H29FN4O2/c1-28-20-7-5-17(6-8-20)9-10-25-22(24)26-16-21(27-11-13-29-14-12-27)18-3-2-4-19(23)15-18/h2-8,15,21H,9-14,16H2,1H3,(H3,24,25,26). The van der Waals surface area contributed by atoms with Crippen LogP contribution in [-0.4, -0.2) is 57.4 Å². The average Bonchev–Trinajstić information content (AvgIpc) is 2.75. The fourth-order valence-electron chi connectivity index (χ4n) is 3.40. The van der Waals surface area contributed by atoms with Crippen molar-refractivity contribution in [3.8, 4) is 5.75 Å². The second kappa shape index (κ2) is 10.8. The smallest absolute Gasteiger partial charge is 0.188 e. The summed E-state index contributed by atoms with van der Waals surface area (Å²) in [6.07, 6.45) is 0.830. The number of nitrogens with two attached hydrogens (primary N) is 1. The first-order chi connectivity index (χ1) is 14.2. The molecule has 156 valence electrons. The number of hydrogen-bond donors (Lipinski definition) is 2. The highest BCUT2D eigenvalue weighted by atomic mass is 19.1. The first kappa shape index (κ1) is 21.1. The van der Waals surface area contributed by atoms with E-state index in [1.807, 2.05) is 30.3 Å². The Morgan fingerprint density at radius 1 is 1.24 bits per heavy atom. The third-order valence-corrected chi connectivity index (χ3v) is 5.03. The highest BCUT2D eigenvalue weighted by Gasteiger charge is 2.22. The number of nitrogens with zero attached hydrogens (tertiary/aromatic N) is 2. The quantitative estimate of drug-likeness (QED) is 0.526. The van der Waals surface area contributed by atoms with Crippen LogP contribution in [0, 0.1) is 5.82 Å².